The maximum atomic E-state index is 11.3. The van der Waals surface area contributed by atoms with Crippen molar-refractivity contribution in [3.63, 3.8) is 0 Å². The van der Waals surface area contributed by atoms with Gasteiger partial charge in [0, 0.05) is 10.8 Å². The van der Waals surface area contributed by atoms with E-state index in [-0.39, 0.29) is 19.0 Å². The molecular weight excluding hydrogens is 788 g/mol. The molecule has 2 aromatic heterocycles. The van der Waals surface area contributed by atoms with E-state index in [4.69, 9.17) is 5.11 Å². The summed E-state index contributed by atoms with van der Waals surface area (Å²) in [5, 5.41) is 31.6. The highest BCUT2D eigenvalue weighted by Gasteiger charge is 2.27. The van der Waals surface area contributed by atoms with Crippen LogP contribution < -0.4 is 0 Å². The Balaban J connectivity index is 0.000000167. The molecule has 13 heteroatoms. The number of carbonyl (C=O) groups is 2. The van der Waals surface area contributed by atoms with E-state index in [2.05, 4.69) is 119 Å². The van der Waals surface area contributed by atoms with Crippen LogP contribution in [0.25, 0.3) is 32.9 Å². The van der Waals surface area contributed by atoms with Crippen LogP contribution in [0.3, 0.4) is 0 Å². The third kappa shape index (κ3) is 7.64. The molecule has 0 spiro atoms. The minimum absolute atomic E-state index is 0. The smallest absolute Gasteiger partial charge is 0.313 e. The fourth-order valence-corrected chi connectivity index (χ4v) is 8.41. The van der Waals surface area contributed by atoms with Crippen molar-refractivity contribution in [2.75, 3.05) is 11.5 Å². The van der Waals surface area contributed by atoms with E-state index in [0.717, 1.165) is 33.7 Å². The Bertz CT molecular complexity index is 2020. The van der Waals surface area contributed by atoms with E-state index < -0.39 is 5.97 Å². The average molecular weight is 823 g/mol. The van der Waals surface area contributed by atoms with E-state index in [1.165, 1.54) is 64.7 Å². The third-order valence-electron chi connectivity index (χ3n) is 8.30. The van der Waals surface area contributed by atoms with Crippen LogP contribution in [0.5, 0.6) is 0 Å². The van der Waals surface area contributed by atoms with Gasteiger partial charge in [-0.15, -0.1) is 20.4 Å². The molecule has 49 heavy (non-hydrogen) atoms. The second kappa shape index (κ2) is 15.2. The van der Waals surface area contributed by atoms with Gasteiger partial charge in [-0.1, -0.05) is 91.6 Å². The van der Waals surface area contributed by atoms with Crippen LogP contribution in [0.15, 0.2) is 92.6 Å². The van der Waals surface area contributed by atoms with Crippen LogP contribution in [-0.4, -0.2) is 57.9 Å². The first-order valence-electron chi connectivity index (χ1n) is 15.5. The van der Waals surface area contributed by atoms with Gasteiger partial charge in [0.15, 0.2) is 10.3 Å². The molecule has 1 N–H and O–H groups in total. The summed E-state index contributed by atoms with van der Waals surface area (Å²) in [4.78, 5) is 22.2. The quantitative estimate of drug-likeness (QED) is 0.135. The number of fused-ring (bicyclic) bond motifs is 2. The molecule has 2 aliphatic rings. The van der Waals surface area contributed by atoms with E-state index in [1.807, 2.05) is 15.2 Å². The maximum absolute atomic E-state index is 11.3. The Kier molecular flexibility index (Phi) is 10.9. The van der Waals surface area contributed by atoms with Crippen LogP contribution in [0.2, 0.25) is 0 Å². The number of aliphatic carboxylic acids is 1. The van der Waals surface area contributed by atoms with Crippen molar-refractivity contribution in [3.05, 3.63) is 93.4 Å². The predicted octanol–water partition coefficient (Wildman–Crippen LogP) is 9.61. The molecule has 0 atom stereocenters. The van der Waals surface area contributed by atoms with Crippen molar-refractivity contribution < 1.29 is 14.7 Å². The van der Waals surface area contributed by atoms with E-state index in [1.54, 1.807) is 6.92 Å². The summed E-state index contributed by atoms with van der Waals surface area (Å²) in [7, 11) is 0. The number of hydrogen-bond acceptors (Lipinski definition) is 8. The Morgan fingerprint density at radius 2 is 1.08 bits per heavy atom. The lowest BCUT2D eigenvalue weighted by Gasteiger charge is -2.13. The molecule has 0 bridgehead atoms. The van der Waals surface area contributed by atoms with Crippen molar-refractivity contribution >= 4 is 88.7 Å². The van der Waals surface area contributed by atoms with Gasteiger partial charge in [0.05, 0.1) is 22.9 Å². The van der Waals surface area contributed by atoms with Gasteiger partial charge in [-0.05, 0) is 110 Å². The molecule has 9 nitrogen and oxygen atoms in total. The Morgan fingerprint density at radius 3 is 1.47 bits per heavy atom. The zero-order valence-electron chi connectivity index (χ0n) is 25.8. The van der Waals surface area contributed by atoms with Gasteiger partial charge in [-0.3, -0.25) is 18.7 Å². The molecule has 6 aromatic rings. The molecule has 4 aromatic carbocycles. The Morgan fingerprint density at radius 1 is 0.673 bits per heavy atom. The molecule has 252 valence electrons. The van der Waals surface area contributed by atoms with Crippen LogP contribution in [-0.2, 0) is 9.59 Å². The minimum atomic E-state index is -0.875. The molecule has 0 amide bonds. The van der Waals surface area contributed by atoms with Gasteiger partial charge in [-0.25, -0.2) is 0 Å². The van der Waals surface area contributed by atoms with E-state index >= 15 is 0 Å². The van der Waals surface area contributed by atoms with Gasteiger partial charge in [0.25, 0.3) is 0 Å². The number of Topliss-reactive ketones (excluding diaryl/α,β-unsaturated/α-hetero) is 1. The number of carbonyl (C=O) groups excluding carboxylic acids is 1. The standard InChI is InChI=1S/C18H16BrN3OS.C17H14BrN3O2S.CH4/c1-11(23)10-24-18-21-20-17(19)22(18)16-9-8-13(12-6-7-12)14-4-2-3-5-15(14)16;18-16-19-20-17(24-9-15(22)23)21(16)14-8-7-11(10-5-6-10)12-3-1-2-4-13(12)14;/h2-5,8-9,12H,6-7,10H2,1H3;1-4,7-8,10H,5-6,9H2,(H,22,23);1H4. The highest BCUT2D eigenvalue weighted by Crippen LogP contribution is 2.45. The highest BCUT2D eigenvalue weighted by molar-refractivity contribution is 9.10. The lowest BCUT2D eigenvalue weighted by atomic mass is 9.99. The van der Waals surface area contributed by atoms with Gasteiger partial charge in [-0.2, -0.15) is 0 Å². The summed E-state index contributed by atoms with van der Waals surface area (Å²) in [6.45, 7) is 1.59. The maximum Gasteiger partial charge on any atom is 0.313 e. The largest absolute Gasteiger partial charge is 0.481 e. The summed E-state index contributed by atoms with van der Waals surface area (Å²) in [5.74, 6) is 0.945. The number of halogens is 2. The predicted molar refractivity (Wildman–Crippen MR) is 204 cm³/mol. The second-order valence-electron chi connectivity index (χ2n) is 11.8. The number of thioether (sulfide) groups is 2. The molecule has 2 fully saturated rings. The van der Waals surface area contributed by atoms with Crippen LogP contribution >= 0.6 is 55.4 Å². The minimum Gasteiger partial charge on any atom is -0.481 e. The molecule has 2 heterocycles. The van der Waals surface area contributed by atoms with Gasteiger partial charge >= 0.3 is 5.97 Å². The molecule has 2 aliphatic carbocycles. The number of nitrogens with zero attached hydrogens (tertiary/aromatic N) is 6. The zero-order chi connectivity index (χ0) is 33.4. The average Bonchev–Trinajstić information content (AvgIpc) is 4.03. The molecule has 2 saturated carbocycles. The first-order valence-corrected chi connectivity index (χ1v) is 19.1. The number of rotatable bonds is 10. The number of aromatic nitrogens is 6. The normalized spacial score (nSPS) is 13.9. The monoisotopic (exact) mass is 820 g/mol. The van der Waals surface area contributed by atoms with Crippen molar-refractivity contribution in [1.29, 1.82) is 0 Å². The van der Waals surface area contributed by atoms with Gasteiger partial charge in [0.1, 0.15) is 5.78 Å². The van der Waals surface area contributed by atoms with Gasteiger partial charge < -0.3 is 5.11 Å². The Hall–Kier alpha value is -3.52. The van der Waals surface area contributed by atoms with Crippen LogP contribution in [0.4, 0.5) is 0 Å². The van der Waals surface area contributed by atoms with Gasteiger partial charge in [0.2, 0.25) is 9.47 Å². The summed E-state index contributed by atoms with van der Waals surface area (Å²) >= 11 is 9.51. The number of hydrogen-bond donors (Lipinski definition) is 1. The molecular formula is C36H34Br2N6O3S2. The van der Waals surface area contributed by atoms with Crippen molar-refractivity contribution in [2.24, 2.45) is 0 Å². The van der Waals surface area contributed by atoms with E-state index in [0.29, 0.717) is 32.2 Å². The fourth-order valence-electron chi connectivity index (χ4n) is 5.89. The number of ketones is 1. The van der Waals surface area contributed by atoms with Crippen molar-refractivity contribution in [3.8, 4) is 11.4 Å². The van der Waals surface area contributed by atoms with Crippen LogP contribution in [0.1, 0.15) is 63.0 Å². The molecule has 0 unspecified atom stereocenters. The van der Waals surface area contributed by atoms with Crippen molar-refractivity contribution in [2.45, 2.75) is 62.2 Å². The van der Waals surface area contributed by atoms with E-state index in [9.17, 15) is 9.59 Å². The molecule has 0 saturated heterocycles. The molecule has 0 aliphatic heterocycles. The Labute approximate surface area is 309 Å². The number of carboxylic acids is 1. The lowest BCUT2D eigenvalue weighted by Crippen LogP contribution is -2.03. The fraction of sp³-hybridized carbons (Fsp3) is 0.278. The first-order chi connectivity index (χ1) is 23.3. The number of carboxylic acid groups (broad SMARTS) is 1. The summed E-state index contributed by atoms with van der Waals surface area (Å²) < 4.78 is 5.07. The third-order valence-corrected chi connectivity index (χ3v) is 11.3. The summed E-state index contributed by atoms with van der Waals surface area (Å²) in [6.07, 6.45) is 5.05. The lowest BCUT2D eigenvalue weighted by molar-refractivity contribution is -0.133. The summed E-state index contributed by atoms with van der Waals surface area (Å²) in [5.41, 5.74) is 4.81. The first kappa shape index (κ1) is 35.3. The van der Waals surface area contributed by atoms with Crippen molar-refractivity contribution in [1.82, 2.24) is 29.5 Å². The summed E-state index contributed by atoms with van der Waals surface area (Å²) in [6, 6.07) is 25.4. The number of benzene rings is 4. The zero-order valence-corrected chi connectivity index (χ0v) is 30.6. The molecule has 8 rings (SSSR count). The van der Waals surface area contributed by atoms with Crippen LogP contribution in [0, 0.1) is 0 Å². The SMILES string of the molecule is C.CC(=O)CSc1nnc(Br)n1-c1ccc(C2CC2)c2ccccc12.O=C(O)CSc1nnc(Br)n1-c1ccc(C2CC2)c2ccccc12. The topological polar surface area (TPSA) is 116 Å². The second-order valence-corrected chi connectivity index (χ2v) is 15.1. The molecule has 0 radical (unpaired) electrons. The highest BCUT2D eigenvalue weighted by atomic mass is 79.9.